The van der Waals surface area contributed by atoms with Gasteiger partial charge in [0.1, 0.15) is 0 Å². The van der Waals surface area contributed by atoms with E-state index >= 15 is 0 Å². The first-order valence-corrected chi connectivity index (χ1v) is 13.4. The average molecular weight is 559 g/mol. The monoisotopic (exact) mass is 558 g/mol. The Morgan fingerprint density at radius 2 is 1.66 bits per heavy atom. The van der Waals surface area contributed by atoms with Gasteiger partial charge in [0.05, 0.1) is 17.2 Å². The number of fused-ring (bicyclic) bond motifs is 1. The number of anilines is 1. The third-order valence-electron chi connectivity index (χ3n) is 7.44. The van der Waals surface area contributed by atoms with Gasteiger partial charge in [-0.1, -0.05) is 54.6 Å². The Labute approximate surface area is 236 Å². The van der Waals surface area contributed by atoms with Gasteiger partial charge in [-0.25, -0.2) is 4.79 Å². The maximum Gasteiger partial charge on any atom is 0.416 e. The van der Waals surface area contributed by atoms with E-state index in [0.717, 1.165) is 53.9 Å². The Hall–Kier alpha value is -4.59. The van der Waals surface area contributed by atoms with Crippen molar-refractivity contribution < 1.29 is 27.9 Å². The number of aryl methyl sites for hydroxylation is 1. The molecule has 8 heteroatoms. The van der Waals surface area contributed by atoms with Crippen LogP contribution in [0.5, 0.6) is 0 Å². The van der Waals surface area contributed by atoms with Gasteiger partial charge in [-0.15, -0.1) is 0 Å². The van der Waals surface area contributed by atoms with Gasteiger partial charge in [0.25, 0.3) is 5.91 Å². The van der Waals surface area contributed by atoms with Crippen molar-refractivity contribution in [1.29, 1.82) is 0 Å². The molecule has 1 atom stereocenters. The van der Waals surface area contributed by atoms with E-state index in [1.165, 1.54) is 12.1 Å². The summed E-state index contributed by atoms with van der Waals surface area (Å²) in [5, 5.41) is 12.4. The summed E-state index contributed by atoms with van der Waals surface area (Å²) >= 11 is 0. The zero-order chi connectivity index (χ0) is 29.1. The van der Waals surface area contributed by atoms with Crippen molar-refractivity contribution >= 4 is 17.6 Å². The molecular weight excluding hydrogens is 529 g/mol. The zero-order valence-electron chi connectivity index (χ0n) is 22.4. The van der Waals surface area contributed by atoms with Crippen LogP contribution < -0.4 is 10.2 Å². The van der Waals surface area contributed by atoms with Gasteiger partial charge in [-0.05, 0) is 84.0 Å². The van der Waals surface area contributed by atoms with Crippen molar-refractivity contribution in [3.8, 4) is 11.1 Å². The van der Waals surface area contributed by atoms with Gasteiger partial charge in [-0.2, -0.15) is 13.2 Å². The third kappa shape index (κ3) is 6.27. The summed E-state index contributed by atoms with van der Waals surface area (Å²) < 4.78 is 38.6. The molecule has 41 heavy (non-hydrogen) atoms. The molecule has 2 N–H and O–H groups in total. The van der Waals surface area contributed by atoms with Crippen LogP contribution in [0.3, 0.4) is 0 Å². The lowest BCUT2D eigenvalue weighted by molar-refractivity contribution is -0.137. The number of amides is 1. The first-order valence-electron chi connectivity index (χ1n) is 13.4. The van der Waals surface area contributed by atoms with Gasteiger partial charge in [0.2, 0.25) is 0 Å². The van der Waals surface area contributed by atoms with Gasteiger partial charge in [0, 0.05) is 24.3 Å². The lowest BCUT2D eigenvalue weighted by Gasteiger charge is -2.32. The largest absolute Gasteiger partial charge is 0.478 e. The van der Waals surface area contributed by atoms with E-state index in [4.69, 9.17) is 0 Å². The lowest BCUT2D eigenvalue weighted by Crippen LogP contribution is -2.30. The number of rotatable bonds is 7. The quantitative estimate of drug-likeness (QED) is 0.246. The maximum absolute atomic E-state index is 13.0. The summed E-state index contributed by atoms with van der Waals surface area (Å²) in [6.07, 6.45) is -2.63. The molecule has 0 aliphatic carbocycles. The van der Waals surface area contributed by atoms with Crippen LogP contribution in [0, 0.1) is 0 Å². The van der Waals surface area contributed by atoms with Gasteiger partial charge < -0.3 is 15.3 Å². The zero-order valence-corrected chi connectivity index (χ0v) is 22.4. The number of hydrogen-bond acceptors (Lipinski definition) is 3. The third-order valence-corrected chi connectivity index (χ3v) is 7.44. The molecule has 4 aromatic rings. The minimum absolute atomic E-state index is 0.263. The highest BCUT2D eigenvalue weighted by molar-refractivity contribution is 5.96. The average Bonchev–Trinajstić information content (AvgIpc) is 2.97. The molecule has 1 heterocycles. The van der Waals surface area contributed by atoms with Crippen LogP contribution in [0.4, 0.5) is 18.9 Å². The van der Waals surface area contributed by atoms with E-state index in [1.807, 2.05) is 42.5 Å². The van der Waals surface area contributed by atoms with E-state index in [2.05, 4.69) is 10.2 Å². The topological polar surface area (TPSA) is 69.6 Å². The van der Waals surface area contributed by atoms with E-state index in [-0.39, 0.29) is 11.5 Å². The van der Waals surface area contributed by atoms with Crippen LogP contribution in [0.25, 0.3) is 11.1 Å². The highest BCUT2D eigenvalue weighted by atomic mass is 19.4. The Morgan fingerprint density at radius 3 is 2.34 bits per heavy atom. The predicted molar refractivity (Wildman–Crippen MR) is 152 cm³/mol. The molecule has 0 spiro atoms. The predicted octanol–water partition coefficient (Wildman–Crippen LogP) is 7.51. The number of carboxylic acid groups (broad SMARTS) is 1. The van der Waals surface area contributed by atoms with Crippen molar-refractivity contribution in [2.45, 2.75) is 38.5 Å². The highest BCUT2D eigenvalue weighted by Gasteiger charge is 2.30. The van der Waals surface area contributed by atoms with E-state index in [0.29, 0.717) is 23.2 Å². The van der Waals surface area contributed by atoms with Crippen LogP contribution in [-0.2, 0) is 19.1 Å². The number of alkyl halides is 3. The summed E-state index contributed by atoms with van der Waals surface area (Å²) in [5.41, 5.74) is 5.36. The maximum atomic E-state index is 13.0. The minimum atomic E-state index is -4.40. The van der Waals surface area contributed by atoms with Crippen molar-refractivity contribution in [1.82, 2.24) is 5.32 Å². The summed E-state index contributed by atoms with van der Waals surface area (Å²) in [6.45, 7) is 3.28. The Bertz CT molecular complexity index is 1560. The molecule has 1 unspecified atom stereocenters. The number of carbonyl (C=O) groups excluding carboxylic acids is 1. The molecule has 0 bridgehead atoms. The van der Waals surface area contributed by atoms with Gasteiger partial charge in [0.15, 0.2) is 0 Å². The molecule has 1 aliphatic rings. The van der Waals surface area contributed by atoms with Gasteiger partial charge in [-0.3, -0.25) is 4.79 Å². The first-order chi connectivity index (χ1) is 19.6. The molecular formula is C33H29F3N2O3. The second kappa shape index (κ2) is 11.5. The summed E-state index contributed by atoms with van der Waals surface area (Å²) in [4.78, 5) is 26.9. The fraction of sp³-hybridized carbons (Fsp3) is 0.212. The SMILES string of the molecule is CC(NC(=O)c1ccc2c(c1)CCCN2Cc1ccc(-c2ccccc2C(=O)O)cc1)c1ccc(C(F)(F)F)cc1. The van der Waals surface area contributed by atoms with E-state index in [9.17, 15) is 27.9 Å². The van der Waals surface area contributed by atoms with Crippen LogP contribution in [-0.4, -0.2) is 23.5 Å². The number of nitrogens with one attached hydrogen (secondary N) is 1. The second-order valence-electron chi connectivity index (χ2n) is 10.2. The molecule has 0 radical (unpaired) electrons. The Kier molecular flexibility index (Phi) is 7.83. The molecule has 0 fully saturated rings. The molecule has 1 aliphatic heterocycles. The first kappa shape index (κ1) is 28.0. The molecule has 1 amide bonds. The van der Waals surface area contributed by atoms with Crippen LogP contribution in [0.2, 0.25) is 0 Å². The lowest BCUT2D eigenvalue weighted by atomic mass is 9.97. The summed E-state index contributed by atoms with van der Waals surface area (Å²) in [5.74, 6) is -1.24. The minimum Gasteiger partial charge on any atom is -0.478 e. The Balaban J connectivity index is 1.27. The summed E-state index contributed by atoms with van der Waals surface area (Å²) in [7, 11) is 0. The van der Waals surface area contributed by atoms with Crippen LogP contribution in [0.15, 0.2) is 91.0 Å². The van der Waals surface area contributed by atoms with Crippen molar-refractivity contribution in [3.05, 3.63) is 124 Å². The number of halogens is 3. The summed E-state index contributed by atoms with van der Waals surface area (Å²) in [6, 6.07) is 24.8. The molecule has 0 aromatic heterocycles. The molecule has 0 saturated carbocycles. The number of benzene rings is 4. The van der Waals surface area contributed by atoms with Crippen molar-refractivity contribution in [2.24, 2.45) is 0 Å². The normalized spacial score (nSPS) is 13.8. The molecule has 210 valence electrons. The fourth-order valence-electron chi connectivity index (χ4n) is 5.24. The second-order valence-corrected chi connectivity index (χ2v) is 10.2. The van der Waals surface area contributed by atoms with Crippen LogP contribution in [0.1, 0.15) is 62.4 Å². The standard InChI is InChI=1S/C33H29F3N2O3/c1-21(23-12-15-27(16-13-23)33(34,35)36)37-31(39)26-14-17-30-25(19-26)5-4-18-38(30)20-22-8-10-24(11-9-22)28-6-2-3-7-29(28)32(40)41/h2-3,6-17,19,21H,4-5,18,20H2,1H3,(H,37,39)(H,40,41). The van der Waals surface area contributed by atoms with Gasteiger partial charge >= 0.3 is 12.1 Å². The molecule has 5 rings (SSSR count). The number of aromatic carboxylic acids is 1. The number of nitrogens with zero attached hydrogens (tertiary/aromatic N) is 1. The van der Waals surface area contributed by atoms with Crippen LogP contribution >= 0.6 is 0 Å². The number of carbonyl (C=O) groups is 2. The number of hydrogen-bond donors (Lipinski definition) is 2. The van der Waals surface area contributed by atoms with E-state index in [1.54, 1.807) is 31.2 Å². The highest BCUT2D eigenvalue weighted by Crippen LogP contribution is 2.32. The van der Waals surface area contributed by atoms with Crippen molar-refractivity contribution in [3.63, 3.8) is 0 Å². The van der Waals surface area contributed by atoms with Crippen molar-refractivity contribution in [2.75, 3.05) is 11.4 Å². The van der Waals surface area contributed by atoms with E-state index < -0.39 is 23.8 Å². The Morgan fingerprint density at radius 1 is 0.951 bits per heavy atom. The molecule has 5 nitrogen and oxygen atoms in total. The molecule has 0 saturated heterocycles. The molecule has 4 aromatic carbocycles. The number of carboxylic acids is 1. The smallest absolute Gasteiger partial charge is 0.416 e. The fourth-order valence-corrected chi connectivity index (χ4v) is 5.24.